The van der Waals surface area contributed by atoms with E-state index in [-0.39, 0.29) is 16.9 Å². The number of carbonyl (C=O) groups is 1. The number of nitrogens with one attached hydrogen (secondary N) is 1. The van der Waals surface area contributed by atoms with E-state index >= 15 is 0 Å². The van der Waals surface area contributed by atoms with Gasteiger partial charge < -0.3 is 5.32 Å². The maximum absolute atomic E-state index is 12.1. The number of aryl methyl sites for hydroxylation is 1. The van der Waals surface area contributed by atoms with Crippen LogP contribution in [0.1, 0.15) is 15.9 Å². The fraction of sp³-hybridized carbons (Fsp3) is 0.0833. The Labute approximate surface area is 123 Å². The van der Waals surface area contributed by atoms with Crippen LogP contribution in [0.5, 0.6) is 0 Å². The second kappa shape index (κ2) is 5.62. The molecule has 0 saturated heterocycles. The Morgan fingerprint density at radius 2 is 2.06 bits per heavy atom. The third kappa shape index (κ3) is 2.78. The molecule has 18 heavy (non-hydrogen) atoms. The van der Waals surface area contributed by atoms with Crippen LogP contribution in [0.3, 0.4) is 0 Å². The zero-order chi connectivity index (χ0) is 13.1. The van der Waals surface area contributed by atoms with Crippen LogP contribution in [0.4, 0.5) is 5.82 Å². The van der Waals surface area contributed by atoms with Gasteiger partial charge in [-0.1, -0.05) is 23.7 Å². The van der Waals surface area contributed by atoms with Crippen molar-refractivity contribution in [1.82, 2.24) is 9.97 Å². The largest absolute Gasteiger partial charge is 0.304 e. The summed E-state index contributed by atoms with van der Waals surface area (Å²) >= 11 is 7.98. The van der Waals surface area contributed by atoms with Crippen molar-refractivity contribution < 1.29 is 4.79 Å². The molecule has 2 aromatic rings. The molecular weight excluding hydrogens is 365 g/mol. The molecule has 0 fully saturated rings. The number of benzene rings is 1. The van der Waals surface area contributed by atoms with Crippen molar-refractivity contribution in [1.29, 1.82) is 0 Å². The lowest BCUT2D eigenvalue weighted by atomic mass is 10.1. The van der Waals surface area contributed by atoms with Gasteiger partial charge in [0.05, 0.1) is 5.56 Å². The SMILES string of the molecule is Cc1cccc(C(=O)Nc2nccnc2Cl)c1I. The standard InChI is InChI=1S/C12H9ClIN3O/c1-7-3-2-4-8(9(7)14)12(18)17-11-10(13)15-5-6-16-11/h2-6H,1H3,(H,16,17,18). The van der Waals surface area contributed by atoms with E-state index in [1.807, 2.05) is 19.1 Å². The molecule has 1 amide bonds. The number of aromatic nitrogens is 2. The van der Waals surface area contributed by atoms with Gasteiger partial charge in [0.1, 0.15) is 0 Å². The van der Waals surface area contributed by atoms with Crippen LogP contribution >= 0.6 is 34.2 Å². The highest BCUT2D eigenvalue weighted by atomic mass is 127. The summed E-state index contributed by atoms with van der Waals surface area (Å²) in [5.74, 6) is 0.0203. The quantitative estimate of drug-likeness (QED) is 0.822. The lowest BCUT2D eigenvalue weighted by Gasteiger charge is -2.08. The van der Waals surface area contributed by atoms with Crippen molar-refractivity contribution in [3.8, 4) is 0 Å². The summed E-state index contributed by atoms with van der Waals surface area (Å²) < 4.78 is 0.910. The molecule has 92 valence electrons. The molecule has 1 aromatic carbocycles. The Bertz CT molecular complexity index is 604. The molecule has 1 N–H and O–H groups in total. The topological polar surface area (TPSA) is 54.9 Å². The van der Waals surface area contributed by atoms with Crippen LogP contribution in [0.25, 0.3) is 0 Å². The Morgan fingerprint density at radius 1 is 1.33 bits per heavy atom. The predicted molar refractivity (Wildman–Crippen MR) is 78.9 cm³/mol. The molecule has 0 unspecified atom stereocenters. The minimum atomic E-state index is -0.245. The van der Waals surface area contributed by atoms with Gasteiger partial charge >= 0.3 is 0 Å². The van der Waals surface area contributed by atoms with Gasteiger partial charge in [-0.2, -0.15) is 0 Å². The molecule has 6 heteroatoms. The molecule has 0 radical (unpaired) electrons. The zero-order valence-electron chi connectivity index (χ0n) is 9.45. The number of hydrogen-bond donors (Lipinski definition) is 1. The predicted octanol–water partition coefficient (Wildman–Crippen LogP) is 3.30. The molecule has 0 aliphatic heterocycles. The van der Waals surface area contributed by atoms with Crippen LogP contribution < -0.4 is 5.32 Å². The first kappa shape index (κ1) is 13.2. The number of nitrogens with zero attached hydrogens (tertiary/aromatic N) is 2. The third-order valence-electron chi connectivity index (χ3n) is 2.32. The number of carbonyl (C=O) groups excluding carboxylic acids is 1. The van der Waals surface area contributed by atoms with Gasteiger partial charge in [0.15, 0.2) is 11.0 Å². The molecule has 1 heterocycles. The molecule has 1 aromatic heterocycles. The maximum atomic E-state index is 12.1. The van der Waals surface area contributed by atoms with Gasteiger partial charge in [-0.3, -0.25) is 4.79 Å². The Hall–Kier alpha value is -1.21. The molecule has 0 atom stereocenters. The molecular formula is C12H9ClIN3O. The number of rotatable bonds is 2. The Balaban J connectivity index is 2.28. The number of hydrogen-bond acceptors (Lipinski definition) is 3. The molecule has 0 aliphatic carbocycles. The van der Waals surface area contributed by atoms with Crippen molar-refractivity contribution >= 4 is 45.9 Å². The summed E-state index contributed by atoms with van der Waals surface area (Å²) in [6.45, 7) is 1.95. The van der Waals surface area contributed by atoms with Gasteiger partial charge in [0.2, 0.25) is 0 Å². The minimum absolute atomic E-state index is 0.175. The van der Waals surface area contributed by atoms with E-state index < -0.39 is 0 Å². The first-order valence-electron chi connectivity index (χ1n) is 5.12. The van der Waals surface area contributed by atoms with Crippen molar-refractivity contribution in [3.05, 3.63) is 50.4 Å². The van der Waals surface area contributed by atoms with Crippen molar-refractivity contribution in [2.45, 2.75) is 6.92 Å². The number of halogens is 2. The van der Waals surface area contributed by atoms with E-state index in [0.29, 0.717) is 5.56 Å². The van der Waals surface area contributed by atoms with Crippen LogP contribution in [-0.2, 0) is 0 Å². The zero-order valence-corrected chi connectivity index (χ0v) is 12.4. The molecule has 0 saturated carbocycles. The van der Waals surface area contributed by atoms with Crippen molar-refractivity contribution in [2.75, 3.05) is 5.32 Å². The number of anilines is 1. The van der Waals surface area contributed by atoms with Gasteiger partial charge in [-0.15, -0.1) is 0 Å². The van der Waals surface area contributed by atoms with E-state index in [2.05, 4.69) is 37.9 Å². The van der Waals surface area contributed by atoms with Gasteiger partial charge in [-0.25, -0.2) is 9.97 Å². The number of amides is 1. The molecule has 0 bridgehead atoms. The maximum Gasteiger partial charge on any atom is 0.257 e. The normalized spacial score (nSPS) is 10.2. The molecule has 0 aliphatic rings. The lowest BCUT2D eigenvalue weighted by Crippen LogP contribution is -2.15. The lowest BCUT2D eigenvalue weighted by molar-refractivity contribution is 0.102. The van der Waals surface area contributed by atoms with Crippen LogP contribution in [0, 0.1) is 10.5 Å². The highest BCUT2D eigenvalue weighted by Gasteiger charge is 2.13. The van der Waals surface area contributed by atoms with E-state index in [4.69, 9.17) is 11.6 Å². The summed E-state index contributed by atoms with van der Waals surface area (Å²) in [5, 5.41) is 2.82. The van der Waals surface area contributed by atoms with Crippen molar-refractivity contribution in [2.24, 2.45) is 0 Å². The first-order chi connectivity index (χ1) is 8.59. The molecule has 4 nitrogen and oxygen atoms in total. The minimum Gasteiger partial charge on any atom is -0.304 e. The van der Waals surface area contributed by atoms with Gasteiger partial charge in [0.25, 0.3) is 5.91 Å². The molecule has 2 rings (SSSR count). The second-order valence-electron chi connectivity index (χ2n) is 3.59. The summed E-state index contributed by atoms with van der Waals surface area (Å²) in [7, 11) is 0. The summed E-state index contributed by atoms with van der Waals surface area (Å²) in [4.78, 5) is 19.9. The van der Waals surface area contributed by atoms with E-state index in [1.54, 1.807) is 6.07 Å². The average Bonchev–Trinajstić information content (AvgIpc) is 2.35. The van der Waals surface area contributed by atoms with Gasteiger partial charge in [-0.05, 0) is 41.1 Å². The Morgan fingerprint density at radius 3 is 2.78 bits per heavy atom. The van der Waals surface area contributed by atoms with Crippen LogP contribution in [-0.4, -0.2) is 15.9 Å². The van der Waals surface area contributed by atoms with Crippen LogP contribution in [0.2, 0.25) is 5.15 Å². The Kier molecular flexibility index (Phi) is 4.13. The van der Waals surface area contributed by atoms with Gasteiger partial charge in [0, 0.05) is 16.0 Å². The first-order valence-corrected chi connectivity index (χ1v) is 6.58. The summed E-state index contributed by atoms with van der Waals surface area (Å²) in [6, 6.07) is 5.55. The highest BCUT2D eigenvalue weighted by molar-refractivity contribution is 14.1. The monoisotopic (exact) mass is 373 g/mol. The van der Waals surface area contributed by atoms with Crippen molar-refractivity contribution in [3.63, 3.8) is 0 Å². The highest BCUT2D eigenvalue weighted by Crippen LogP contribution is 2.19. The van der Waals surface area contributed by atoms with Crippen LogP contribution in [0.15, 0.2) is 30.6 Å². The van der Waals surface area contributed by atoms with E-state index in [1.165, 1.54) is 12.4 Å². The third-order valence-corrected chi connectivity index (χ3v) is 4.03. The van der Waals surface area contributed by atoms with E-state index in [9.17, 15) is 4.79 Å². The fourth-order valence-electron chi connectivity index (χ4n) is 1.40. The average molecular weight is 374 g/mol. The molecule has 0 spiro atoms. The fourth-order valence-corrected chi connectivity index (χ4v) is 2.16. The second-order valence-corrected chi connectivity index (χ2v) is 5.02. The summed E-state index contributed by atoms with van der Waals surface area (Å²) in [6.07, 6.45) is 2.94. The smallest absolute Gasteiger partial charge is 0.257 e. The van der Waals surface area contributed by atoms with E-state index in [0.717, 1.165) is 9.13 Å². The summed E-state index contributed by atoms with van der Waals surface area (Å²) in [5.41, 5.74) is 1.64.